The van der Waals surface area contributed by atoms with Crippen molar-refractivity contribution in [3.8, 4) is 5.75 Å². The van der Waals surface area contributed by atoms with E-state index in [1.54, 1.807) is 0 Å². The summed E-state index contributed by atoms with van der Waals surface area (Å²) in [6.07, 6.45) is 4.50. The van der Waals surface area contributed by atoms with Gasteiger partial charge in [0, 0.05) is 19.1 Å². The van der Waals surface area contributed by atoms with Crippen LogP contribution in [0.2, 0.25) is 0 Å². The lowest BCUT2D eigenvalue weighted by molar-refractivity contribution is -0.136. The molecule has 0 aromatic heterocycles. The number of benzene rings is 1. The summed E-state index contributed by atoms with van der Waals surface area (Å²) in [6.45, 7) is 8.31. The molecule has 2 atom stereocenters. The number of rotatable bonds is 7. The number of carbonyl (C=O) groups is 1. The van der Waals surface area contributed by atoms with Crippen molar-refractivity contribution in [1.29, 1.82) is 0 Å². The van der Waals surface area contributed by atoms with Gasteiger partial charge in [0.05, 0.1) is 12.5 Å². The van der Waals surface area contributed by atoms with Crippen molar-refractivity contribution in [2.24, 2.45) is 17.6 Å². The van der Waals surface area contributed by atoms with E-state index in [1.807, 2.05) is 25.7 Å². The minimum atomic E-state index is -0.0783. The van der Waals surface area contributed by atoms with Crippen LogP contribution in [-0.4, -0.2) is 36.5 Å². The maximum absolute atomic E-state index is 12.3. The van der Waals surface area contributed by atoms with E-state index in [4.69, 9.17) is 10.5 Å². The zero-order valence-corrected chi connectivity index (χ0v) is 15.3. The molecule has 1 heterocycles. The fourth-order valence-corrected chi connectivity index (χ4v) is 3.24. The predicted molar refractivity (Wildman–Crippen MR) is 98.0 cm³/mol. The number of hydrogen-bond acceptors (Lipinski definition) is 3. The lowest BCUT2D eigenvalue weighted by atomic mass is 9.89. The largest absolute Gasteiger partial charge is 0.494 e. The molecule has 4 heteroatoms. The Morgan fingerprint density at radius 1 is 1.25 bits per heavy atom. The summed E-state index contributed by atoms with van der Waals surface area (Å²) >= 11 is 0. The first-order chi connectivity index (χ1) is 11.5. The Bertz CT molecular complexity index is 505. The molecular formula is C20H32N2O2. The summed E-state index contributed by atoms with van der Waals surface area (Å²) in [6, 6.07) is 8.35. The van der Waals surface area contributed by atoms with Crippen LogP contribution in [0, 0.1) is 11.8 Å². The van der Waals surface area contributed by atoms with Crippen LogP contribution in [0.5, 0.6) is 5.75 Å². The van der Waals surface area contributed by atoms with Gasteiger partial charge in [-0.05, 0) is 63.1 Å². The summed E-state index contributed by atoms with van der Waals surface area (Å²) in [5.41, 5.74) is 7.22. The van der Waals surface area contributed by atoms with Crippen molar-refractivity contribution in [2.75, 3.05) is 19.7 Å². The van der Waals surface area contributed by atoms with E-state index in [0.717, 1.165) is 38.1 Å². The van der Waals surface area contributed by atoms with Gasteiger partial charge in [-0.1, -0.05) is 19.1 Å². The first-order valence-corrected chi connectivity index (χ1v) is 9.27. The maximum Gasteiger partial charge on any atom is 0.226 e. The van der Waals surface area contributed by atoms with Crippen molar-refractivity contribution in [1.82, 2.24) is 4.90 Å². The Morgan fingerprint density at radius 3 is 2.42 bits per heavy atom. The van der Waals surface area contributed by atoms with Crippen LogP contribution < -0.4 is 10.5 Å². The quantitative estimate of drug-likeness (QED) is 0.834. The molecule has 134 valence electrons. The number of ether oxygens (including phenoxy) is 1. The summed E-state index contributed by atoms with van der Waals surface area (Å²) in [5, 5.41) is 0. The molecule has 24 heavy (non-hydrogen) atoms. The van der Waals surface area contributed by atoms with Gasteiger partial charge in [0.25, 0.3) is 0 Å². The molecule has 2 unspecified atom stereocenters. The Balaban J connectivity index is 1.74. The number of amides is 1. The summed E-state index contributed by atoms with van der Waals surface area (Å²) in [4.78, 5) is 14.3. The van der Waals surface area contributed by atoms with Crippen molar-refractivity contribution in [3.63, 3.8) is 0 Å². The standard InChI is InChI=1S/C20H32N2O2/c1-4-24-19-9-7-17(8-10-19)5-6-18-11-13-22(14-12-18)20(23)15(2)16(3)21/h7-10,15-16,18H,4-6,11-14,21H2,1-3H3. The molecule has 1 aliphatic rings. The molecule has 1 amide bonds. The van der Waals surface area contributed by atoms with Crippen LogP contribution in [0.1, 0.15) is 45.6 Å². The second-order valence-corrected chi connectivity index (χ2v) is 7.03. The van der Waals surface area contributed by atoms with Crippen LogP contribution in [-0.2, 0) is 11.2 Å². The SMILES string of the molecule is CCOc1ccc(CCC2CCN(C(=O)C(C)C(C)N)CC2)cc1. The lowest BCUT2D eigenvalue weighted by Gasteiger charge is -2.34. The Hall–Kier alpha value is -1.55. The summed E-state index contributed by atoms with van der Waals surface area (Å²) < 4.78 is 5.48. The molecule has 1 saturated heterocycles. The molecule has 1 aromatic rings. The second-order valence-electron chi connectivity index (χ2n) is 7.03. The number of hydrogen-bond donors (Lipinski definition) is 1. The molecular weight excluding hydrogens is 300 g/mol. The first-order valence-electron chi connectivity index (χ1n) is 9.27. The van der Waals surface area contributed by atoms with Gasteiger partial charge in [-0.25, -0.2) is 0 Å². The van der Waals surface area contributed by atoms with Crippen LogP contribution in [0.25, 0.3) is 0 Å². The number of likely N-dealkylation sites (tertiary alicyclic amines) is 1. The molecule has 1 aromatic carbocycles. The highest BCUT2D eigenvalue weighted by atomic mass is 16.5. The molecule has 2 rings (SSSR count). The number of nitrogens with zero attached hydrogens (tertiary/aromatic N) is 1. The minimum absolute atomic E-state index is 0.0742. The van der Waals surface area contributed by atoms with E-state index in [-0.39, 0.29) is 17.9 Å². The second kappa shape index (κ2) is 9.07. The van der Waals surface area contributed by atoms with E-state index in [2.05, 4.69) is 24.3 Å². The van der Waals surface area contributed by atoms with E-state index >= 15 is 0 Å². The topological polar surface area (TPSA) is 55.6 Å². The smallest absolute Gasteiger partial charge is 0.226 e. The average molecular weight is 332 g/mol. The van der Waals surface area contributed by atoms with Crippen LogP contribution >= 0.6 is 0 Å². The summed E-state index contributed by atoms with van der Waals surface area (Å²) in [7, 11) is 0. The van der Waals surface area contributed by atoms with Crippen molar-refractivity contribution < 1.29 is 9.53 Å². The van der Waals surface area contributed by atoms with Gasteiger partial charge in [0.1, 0.15) is 5.75 Å². The van der Waals surface area contributed by atoms with E-state index < -0.39 is 0 Å². The molecule has 0 bridgehead atoms. The van der Waals surface area contributed by atoms with Gasteiger partial charge >= 0.3 is 0 Å². The van der Waals surface area contributed by atoms with Gasteiger partial charge in [-0.15, -0.1) is 0 Å². The fraction of sp³-hybridized carbons (Fsp3) is 0.650. The molecule has 0 spiro atoms. The highest BCUT2D eigenvalue weighted by molar-refractivity contribution is 5.79. The number of carbonyl (C=O) groups excluding carboxylic acids is 1. The molecule has 2 N–H and O–H groups in total. The lowest BCUT2D eigenvalue weighted by Crippen LogP contribution is -2.45. The van der Waals surface area contributed by atoms with Gasteiger partial charge in [0.2, 0.25) is 5.91 Å². The fourth-order valence-electron chi connectivity index (χ4n) is 3.24. The number of piperidine rings is 1. The van der Waals surface area contributed by atoms with Gasteiger partial charge < -0.3 is 15.4 Å². The third-order valence-corrected chi connectivity index (χ3v) is 5.18. The monoisotopic (exact) mass is 332 g/mol. The van der Waals surface area contributed by atoms with E-state index in [0.29, 0.717) is 12.5 Å². The number of nitrogens with two attached hydrogens (primary N) is 1. The first kappa shape index (κ1) is 18.8. The molecule has 1 fully saturated rings. The van der Waals surface area contributed by atoms with E-state index in [1.165, 1.54) is 12.0 Å². The Kier molecular flexibility index (Phi) is 7.10. The van der Waals surface area contributed by atoms with Crippen LogP contribution in [0.3, 0.4) is 0 Å². The van der Waals surface area contributed by atoms with Crippen molar-refractivity contribution in [2.45, 2.75) is 52.5 Å². The van der Waals surface area contributed by atoms with Gasteiger partial charge in [-0.2, -0.15) is 0 Å². The third-order valence-electron chi connectivity index (χ3n) is 5.18. The van der Waals surface area contributed by atoms with Crippen LogP contribution in [0.4, 0.5) is 0 Å². The predicted octanol–water partition coefficient (Wildman–Crippen LogP) is 3.24. The maximum atomic E-state index is 12.3. The third kappa shape index (κ3) is 5.23. The zero-order chi connectivity index (χ0) is 17.5. The van der Waals surface area contributed by atoms with E-state index in [9.17, 15) is 4.79 Å². The van der Waals surface area contributed by atoms with Gasteiger partial charge in [-0.3, -0.25) is 4.79 Å². The Morgan fingerprint density at radius 2 is 1.88 bits per heavy atom. The van der Waals surface area contributed by atoms with Crippen molar-refractivity contribution in [3.05, 3.63) is 29.8 Å². The molecule has 4 nitrogen and oxygen atoms in total. The van der Waals surface area contributed by atoms with Gasteiger partial charge in [0.15, 0.2) is 0 Å². The number of aryl methyl sites for hydroxylation is 1. The molecule has 0 aliphatic carbocycles. The molecule has 1 aliphatic heterocycles. The van der Waals surface area contributed by atoms with Crippen LogP contribution in [0.15, 0.2) is 24.3 Å². The zero-order valence-electron chi connectivity index (χ0n) is 15.3. The molecule has 0 saturated carbocycles. The highest BCUT2D eigenvalue weighted by Crippen LogP contribution is 2.24. The Labute approximate surface area is 146 Å². The highest BCUT2D eigenvalue weighted by Gasteiger charge is 2.27. The van der Waals surface area contributed by atoms with Crippen molar-refractivity contribution >= 4 is 5.91 Å². The average Bonchev–Trinajstić information content (AvgIpc) is 2.60. The molecule has 0 radical (unpaired) electrons. The summed E-state index contributed by atoms with van der Waals surface area (Å²) in [5.74, 6) is 1.79. The minimum Gasteiger partial charge on any atom is -0.494 e. The normalized spacial score (nSPS) is 18.2.